The van der Waals surface area contributed by atoms with Crippen LogP contribution in [0.4, 0.5) is 0 Å². The Balaban J connectivity index is 4.18. The highest BCUT2D eigenvalue weighted by Crippen LogP contribution is 1.92. The number of hydrogen-bond donors (Lipinski definition) is 2. The molecule has 0 unspecified atom stereocenters. The fourth-order valence-electron chi connectivity index (χ4n) is 1.02. The SMILES string of the molecule is CC(=O)N(C)CC(=O)N(CCO)CCO. The summed E-state index contributed by atoms with van der Waals surface area (Å²) >= 11 is 0. The molecule has 6 heteroatoms. The van der Waals surface area contributed by atoms with Crippen LogP contribution in [0.25, 0.3) is 0 Å². The molecule has 0 fully saturated rings. The molecule has 2 N–H and O–H groups in total. The molecule has 0 aromatic heterocycles. The molecule has 0 saturated carbocycles. The monoisotopic (exact) mass is 218 g/mol. The maximum Gasteiger partial charge on any atom is 0.242 e. The Morgan fingerprint density at radius 3 is 1.93 bits per heavy atom. The number of amides is 2. The third-order valence-corrected chi connectivity index (χ3v) is 2.00. The quantitative estimate of drug-likeness (QED) is 0.555. The summed E-state index contributed by atoms with van der Waals surface area (Å²) in [4.78, 5) is 25.0. The first-order valence-electron chi connectivity index (χ1n) is 4.74. The standard InChI is InChI=1S/C9H18N2O4/c1-8(14)10(2)7-9(15)11(3-5-12)4-6-13/h12-13H,3-7H2,1-2H3. The highest BCUT2D eigenvalue weighted by atomic mass is 16.3. The number of likely N-dealkylation sites (N-methyl/N-ethyl adjacent to an activating group) is 1. The zero-order valence-corrected chi connectivity index (χ0v) is 9.14. The Kier molecular flexibility index (Phi) is 6.64. The molecule has 0 radical (unpaired) electrons. The van der Waals surface area contributed by atoms with Crippen molar-refractivity contribution in [1.29, 1.82) is 0 Å². The maximum absolute atomic E-state index is 11.5. The van der Waals surface area contributed by atoms with E-state index in [1.807, 2.05) is 0 Å². The Morgan fingerprint density at radius 2 is 1.60 bits per heavy atom. The number of hydrogen-bond acceptors (Lipinski definition) is 4. The number of aliphatic hydroxyl groups excluding tert-OH is 2. The molecule has 0 saturated heterocycles. The van der Waals surface area contributed by atoms with E-state index in [2.05, 4.69) is 0 Å². The van der Waals surface area contributed by atoms with Gasteiger partial charge in [-0.3, -0.25) is 9.59 Å². The molecule has 0 rings (SSSR count). The first-order chi connectivity index (χ1) is 7.02. The van der Waals surface area contributed by atoms with E-state index in [9.17, 15) is 9.59 Å². The van der Waals surface area contributed by atoms with Gasteiger partial charge in [-0.2, -0.15) is 0 Å². The van der Waals surface area contributed by atoms with Gasteiger partial charge in [-0.15, -0.1) is 0 Å². The predicted molar refractivity (Wildman–Crippen MR) is 54.1 cm³/mol. The Hall–Kier alpha value is -1.14. The minimum absolute atomic E-state index is 0.0324. The van der Waals surface area contributed by atoms with Crippen LogP contribution < -0.4 is 0 Å². The summed E-state index contributed by atoms with van der Waals surface area (Å²) in [6.07, 6.45) is 0. The second-order valence-electron chi connectivity index (χ2n) is 3.20. The van der Waals surface area contributed by atoms with Gasteiger partial charge in [-0.1, -0.05) is 0 Å². The Bertz CT molecular complexity index is 214. The zero-order chi connectivity index (χ0) is 11.8. The topological polar surface area (TPSA) is 81.1 Å². The summed E-state index contributed by atoms with van der Waals surface area (Å²) in [5, 5.41) is 17.4. The predicted octanol–water partition coefficient (Wildman–Crippen LogP) is -1.72. The summed E-state index contributed by atoms with van der Waals surface area (Å²) in [5.41, 5.74) is 0. The third-order valence-electron chi connectivity index (χ3n) is 2.00. The maximum atomic E-state index is 11.5. The van der Waals surface area contributed by atoms with E-state index in [0.717, 1.165) is 0 Å². The number of carbonyl (C=O) groups is 2. The fraction of sp³-hybridized carbons (Fsp3) is 0.778. The van der Waals surface area contributed by atoms with Crippen molar-refractivity contribution in [3.8, 4) is 0 Å². The van der Waals surface area contributed by atoms with Crippen LogP contribution in [0, 0.1) is 0 Å². The van der Waals surface area contributed by atoms with Gasteiger partial charge in [0, 0.05) is 27.1 Å². The zero-order valence-electron chi connectivity index (χ0n) is 9.14. The lowest BCUT2D eigenvalue weighted by Gasteiger charge is -2.23. The largest absolute Gasteiger partial charge is 0.395 e. The van der Waals surface area contributed by atoms with Crippen LogP contribution in [0.1, 0.15) is 6.92 Å². The summed E-state index contributed by atoms with van der Waals surface area (Å²) in [6.45, 7) is 1.37. The van der Waals surface area contributed by atoms with E-state index in [1.54, 1.807) is 0 Å². The van der Waals surface area contributed by atoms with E-state index in [1.165, 1.54) is 23.8 Å². The molecule has 0 aromatic carbocycles. The molecule has 0 aliphatic heterocycles. The summed E-state index contributed by atoms with van der Waals surface area (Å²) in [5.74, 6) is -0.480. The second-order valence-corrected chi connectivity index (χ2v) is 3.20. The average Bonchev–Trinajstić information content (AvgIpc) is 2.17. The van der Waals surface area contributed by atoms with Crippen molar-refractivity contribution < 1.29 is 19.8 Å². The van der Waals surface area contributed by atoms with Crippen LogP contribution >= 0.6 is 0 Å². The number of rotatable bonds is 6. The van der Waals surface area contributed by atoms with Crippen molar-refractivity contribution in [1.82, 2.24) is 9.80 Å². The molecular weight excluding hydrogens is 200 g/mol. The van der Waals surface area contributed by atoms with E-state index >= 15 is 0 Å². The summed E-state index contributed by atoms with van der Waals surface area (Å²) in [7, 11) is 1.52. The molecule has 15 heavy (non-hydrogen) atoms. The van der Waals surface area contributed by atoms with E-state index < -0.39 is 0 Å². The van der Waals surface area contributed by atoms with Crippen molar-refractivity contribution in [3.05, 3.63) is 0 Å². The van der Waals surface area contributed by atoms with Gasteiger partial charge in [0.05, 0.1) is 19.8 Å². The molecule has 0 aliphatic carbocycles. The first kappa shape index (κ1) is 13.9. The van der Waals surface area contributed by atoms with Crippen molar-refractivity contribution in [3.63, 3.8) is 0 Å². The molecule has 6 nitrogen and oxygen atoms in total. The number of aliphatic hydroxyl groups is 2. The minimum atomic E-state index is -0.282. The molecule has 0 aromatic rings. The van der Waals surface area contributed by atoms with Crippen molar-refractivity contribution in [2.45, 2.75) is 6.92 Å². The van der Waals surface area contributed by atoms with Crippen LogP contribution in [-0.4, -0.2) is 71.7 Å². The van der Waals surface area contributed by atoms with Gasteiger partial charge in [-0.05, 0) is 0 Å². The molecule has 2 amide bonds. The van der Waals surface area contributed by atoms with Gasteiger partial charge in [0.2, 0.25) is 11.8 Å². The third kappa shape index (κ3) is 5.34. The van der Waals surface area contributed by atoms with Gasteiger partial charge >= 0.3 is 0 Å². The van der Waals surface area contributed by atoms with Crippen LogP contribution in [0.15, 0.2) is 0 Å². The highest BCUT2D eigenvalue weighted by Gasteiger charge is 2.15. The fourth-order valence-corrected chi connectivity index (χ4v) is 1.02. The van der Waals surface area contributed by atoms with E-state index in [4.69, 9.17) is 10.2 Å². The van der Waals surface area contributed by atoms with Crippen molar-refractivity contribution in [2.75, 3.05) is 39.9 Å². The lowest BCUT2D eigenvalue weighted by atomic mass is 10.4. The highest BCUT2D eigenvalue weighted by molar-refractivity contribution is 5.83. The van der Waals surface area contributed by atoms with Gasteiger partial charge in [0.1, 0.15) is 0 Å². The molecule has 0 atom stereocenters. The van der Waals surface area contributed by atoms with Crippen molar-refractivity contribution in [2.24, 2.45) is 0 Å². The number of nitrogens with zero attached hydrogens (tertiary/aromatic N) is 2. The summed E-state index contributed by atoms with van der Waals surface area (Å²) in [6, 6.07) is 0. The van der Waals surface area contributed by atoms with Crippen LogP contribution in [0.5, 0.6) is 0 Å². The molecule has 0 heterocycles. The average molecular weight is 218 g/mol. The minimum Gasteiger partial charge on any atom is -0.395 e. The van der Waals surface area contributed by atoms with Crippen LogP contribution in [-0.2, 0) is 9.59 Å². The van der Waals surface area contributed by atoms with Crippen molar-refractivity contribution >= 4 is 11.8 Å². The van der Waals surface area contributed by atoms with Gasteiger partial charge in [0.15, 0.2) is 0 Å². The van der Waals surface area contributed by atoms with Crippen LogP contribution in [0.3, 0.4) is 0 Å². The molecule has 0 bridgehead atoms. The van der Waals surface area contributed by atoms with Gasteiger partial charge in [-0.25, -0.2) is 0 Å². The van der Waals surface area contributed by atoms with E-state index in [0.29, 0.717) is 0 Å². The molecule has 0 spiro atoms. The normalized spacial score (nSPS) is 9.87. The number of carbonyl (C=O) groups excluding carboxylic acids is 2. The van der Waals surface area contributed by atoms with Gasteiger partial charge in [0.25, 0.3) is 0 Å². The van der Waals surface area contributed by atoms with Gasteiger partial charge < -0.3 is 20.0 Å². The smallest absolute Gasteiger partial charge is 0.242 e. The second kappa shape index (κ2) is 7.19. The summed E-state index contributed by atoms with van der Waals surface area (Å²) < 4.78 is 0. The molecular formula is C9H18N2O4. The lowest BCUT2D eigenvalue weighted by molar-refractivity contribution is -0.139. The van der Waals surface area contributed by atoms with E-state index in [-0.39, 0.29) is 44.7 Å². The molecule has 88 valence electrons. The lowest BCUT2D eigenvalue weighted by Crippen LogP contribution is -2.42. The molecule has 0 aliphatic rings. The Labute approximate surface area is 89.1 Å². The first-order valence-corrected chi connectivity index (χ1v) is 4.74. The Morgan fingerprint density at radius 1 is 1.13 bits per heavy atom. The van der Waals surface area contributed by atoms with Crippen LogP contribution in [0.2, 0.25) is 0 Å².